The molecule has 8 nitrogen and oxygen atoms in total. The van der Waals surface area contributed by atoms with E-state index in [0.29, 0.717) is 11.3 Å². The van der Waals surface area contributed by atoms with Gasteiger partial charge in [0.05, 0.1) is 11.8 Å². The molecule has 0 aliphatic heterocycles. The van der Waals surface area contributed by atoms with Gasteiger partial charge in [0.2, 0.25) is 0 Å². The van der Waals surface area contributed by atoms with E-state index in [2.05, 4.69) is 10.1 Å². The fourth-order valence-electron chi connectivity index (χ4n) is 2.54. The van der Waals surface area contributed by atoms with Crippen LogP contribution in [0, 0.1) is 0 Å². The number of pyridine rings is 1. The second-order valence-electron chi connectivity index (χ2n) is 6.30. The van der Waals surface area contributed by atoms with Crippen LogP contribution in [-0.4, -0.2) is 33.2 Å². The van der Waals surface area contributed by atoms with Crippen LogP contribution < -0.4 is 10.5 Å². The molecule has 0 spiro atoms. The fourth-order valence-corrected chi connectivity index (χ4v) is 2.54. The first-order chi connectivity index (χ1) is 12.9. The quantitative estimate of drug-likeness (QED) is 0.641. The van der Waals surface area contributed by atoms with Crippen molar-refractivity contribution in [2.45, 2.75) is 26.5 Å². The van der Waals surface area contributed by atoms with Crippen molar-refractivity contribution in [3.63, 3.8) is 0 Å². The van der Waals surface area contributed by atoms with Crippen LogP contribution in [0.3, 0.4) is 0 Å². The lowest BCUT2D eigenvalue weighted by molar-refractivity contribution is -0.119. The van der Waals surface area contributed by atoms with E-state index in [4.69, 9.17) is 15.2 Å². The van der Waals surface area contributed by atoms with Gasteiger partial charge in [0, 0.05) is 17.6 Å². The van der Waals surface area contributed by atoms with Crippen LogP contribution in [0.5, 0.6) is 5.75 Å². The van der Waals surface area contributed by atoms with Gasteiger partial charge in [0.25, 0.3) is 5.91 Å². The maximum Gasteiger partial charge on any atom is 0.340 e. The second kappa shape index (κ2) is 7.86. The van der Waals surface area contributed by atoms with Crippen LogP contribution >= 0.6 is 0 Å². The van der Waals surface area contributed by atoms with Gasteiger partial charge in [0.1, 0.15) is 12.4 Å². The number of esters is 1. The van der Waals surface area contributed by atoms with Crippen molar-refractivity contribution in [3.05, 3.63) is 53.9 Å². The molecule has 0 atom stereocenters. The average Bonchev–Trinajstić information content (AvgIpc) is 3.08. The molecular formula is C19H20N4O4. The maximum absolute atomic E-state index is 12.3. The summed E-state index contributed by atoms with van der Waals surface area (Å²) in [5.41, 5.74) is 6.86. The molecule has 0 radical (unpaired) electrons. The van der Waals surface area contributed by atoms with Gasteiger partial charge < -0.3 is 15.2 Å². The number of benzene rings is 1. The van der Waals surface area contributed by atoms with Crippen molar-refractivity contribution < 1.29 is 19.1 Å². The highest BCUT2D eigenvalue weighted by Crippen LogP contribution is 2.18. The zero-order valence-electron chi connectivity index (χ0n) is 15.1. The third-order valence-corrected chi connectivity index (χ3v) is 3.81. The van der Waals surface area contributed by atoms with Crippen molar-refractivity contribution in [2.24, 2.45) is 5.73 Å². The van der Waals surface area contributed by atoms with Gasteiger partial charge in [-0.05, 0) is 37.6 Å². The zero-order valence-corrected chi connectivity index (χ0v) is 15.1. The van der Waals surface area contributed by atoms with Crippen LogP contribution in [0.1, 0.15) is 35.8 Å². The summed E-state index contributed by atoms with van der Waals surface area (Å²) in [4.78, 5) is 27.4. The monoisotopic (exact) mass is 368 g/mol. The first-order valence-corrected chi connectivity index (χ1v) is 8.44. The Hall–Kier alpha value is -3.42. The maximum atomic E-state index is 12.3. The molecule has 3 aromatic rings. The normalized spacial score (nSPS) is 10.9. The SMILES string of the molecule is CC(C)n1ncc2cc(C(=O)OCc3cccc(OCC(N)=O)c3)cnc21. The molecule has 0 unspecified atom stereocenters. The molecule has 2 aromatic heterocycles. The number of carbonyl (C=O) groups is 2. The molecule has 1 amide bonds. The molecule has 0 saturated carbocycles. The molecule has 0 bridgehead atoms. The highest BCUT2D eigenvalue weighted by Gasteiger charge is 2.13. The number of ether oxygens (including phenoxy) is 2. The number of hydrogen-bond acceptors (Lipinski definition) is 6. The van der Waals surface area contributed by atoms with Crippen molar-refractivity contribution in [1.82, 2.24) is 14.8 Å². The Kier molecular flexibility index (Phi) is 5.35. The topological polar surface area (TPSA) is 109 Å². The highest BCUT2D eigenvalue weighted by molar-refractivity contribution is 5.92. The molecule has 0 aliphatic rings. The Morgan fingerprint density at radius 2 is 2.04 bits per heavy atom. The van der Waals surface area contributed by atoms with E-state index < -0.39 is 11.9 Å². The minimum Gasteiger partial charge on any atom is -0.484 e. The van der Waals surface area contributed by atoms with E-state index in [1.807, 2.05) is 13.8 Å². The van der Waals surface area contributed by atoms with Gasteiger partial charge >= 0.3 is 5.97 Å². The van der Waals surface area contributed by atoms with Crippen LogP contribution in [-0.2, 0) is 16.1 Å². The van der Waals surface area contributed by atoms with Crippen LogP contribution in [0.15, 0.2) is 42.7 Å². The van der Waals surface area contributed by atoms with Crippen LogP contribution in [0.4, 0.5) is 0 Å². The van der Waals surface area contributed by atoms with E-state index in [-0.39, 0.29) is 19.3 Å². The van der Waals surface area contributed by atoms with E-state index in [0.717, 1.165) is 16.6 Å². The molecular weight excluding hydrogens is 348 g/mol. The van der Waals surface area contributed by atoms with Gasteiger partial charge in [-0.15, -0.1) is 0 Å². The lowest BCUT2D eigenvalue weighted by atomic mass is 10.2. The summed E-state index contributed by atoms with van der Waals surface area (Å²) in [7, 11) is 0. The molecule has 0 fully saturated rings. The predicted octanol–water partition coefficient (Wildman–Crippen LogP) is 2.23. The van der Waals surface area contributed by atoms with E-state index in [9.17, 15) is 9.59 Å². The standard InChI is InChI=1S/C19H20N4O4/c1-12(2)23-18-14(9-22-23)7-15(8-21-18)19(25)27-10-13-4-3-5-16(6-13)26-11-17(20)24/h3-9,12H,10-11H2,1-2H3,(H2,20,24). The largest absolute Gasteiger partial charge is 0.484 e. The smallest absolute Gasteiger partial charge is 0.340 e. The third kappa shape index (κ3) is 4.41. The number of aromatic nitrogens is 3. The molecule has 0 saturated heterocycles. The summed E-state index contributed by atoms with van der Waals surface area (Å²) in [6.45, 7) is 3.88. The Bertz CT molecular complexity index is 981. The number of nitrogens with zero attached hydrogens (tertiary/aromatic N) is 3. The Balaban J connectivity index is 1.66. The van der Waals surface area contributed by atoms with E-state index in [1.54, 1.807) is 41.2 Å². The third-order valence-electron chi connectivity index (χ3n) is 3.81. The number of nitrogens with two attached hydrogens (primary N) is 1. The Labute approximate surface area is 155 Å². The molecule has 1 aromatic carbocycles. The van der Waals surface area contributed by atoms with Gasteiger partial charge in [-0.25, -0.2) is 14.5 Å². The predicted molar refractivity (Wildman–Crippen MR) is 98.2 cm³/mol. The number of carbonyl (C=O) groups excluding carboxylic acids is 2. The fraction of sp³-hybridized carbons (Fsp3) is 0.263. The van der Waals surface area contributed by atoms with E-state index >= 15 is 0 Å². The van der Waals surface area contributed by atoms with Crippen molar-refractivity contribution in [2.75, 3.05) is 6.61 Å². The van der Waals surface area contributed by atoms with Crippen LogP contribution in [0.2, 0.25) is 0 Å². The molecule has 0 aliphatic carbocycles. The second-order valence-corrected chi connectivity index (χ2v) is 6.30. The molecule has 2 N–H and O–H groups in total. The Morgan fingerprint density at radius 3 is 2.78 bits per heavy atom. The molecule has 3 rings (SSSR count). The first-order valence-electron chi connectivity index (χ1n) is 8.44. The molecule has 140 valence electrons. The number of fused-ring (bicyclic) bond motifs is 1. The lowest BCUT2D eigenvalue weighted by Crippen LogP contribution is -2.20. The average molecular weight is 368 g/mol. The van der Waals surface area contributed by atoms with E-state index in [1.165, 1.54) is 6.20 Å². The summed E-state index contributed by atoms with van der Waals surface area (Å²) in [5, 5.41) is 5.06. The first kappa shape index (κ1) is 18.4. The lowest BCUT2D eigenvalue weighted by Gasteiger charge is -2.08. The zero-order chi connectivity index (χ0) is 19.4. The number of primary amides is 1. The van der Waals surface area contributed by atoms with Crippen molar-refractivity contribution in [3.8, 4) is 5.75 Å². The minimum atomic E-state index is -0.560. The minimum absolute atomic E-state index is 0.0654. The van der Waals surface area contributed by atoms with Gasteiger partial charge in [-0.1, -0.05) is 12.1 Å². The summed E-state index contributed by atoms with van der Waals surface area (Å²) in [6, 6.07) is 8.80. The summed E-state index contributed by atoms with van der Waals surface area (Å²) < 4.78 is 12.4. The van der Waals surface area contributed by atoms with Gasteiger partial charge in [-0.2, -0.15) is 5.10 Å². The number of hydrogen-bond donors (Lipinski definition) is 1. The summed E-state index contributed by atoms with van der Waals surface area (Å²) >= 11 is 0. The van der Waals surface area contributed by atoms with Gasteiger partial charge in [0.15, 0.2) is 12.3 Å². The van der Waals surface area contributed by atoms with Crippen LogP contribution in [0.25, 0.3) is 11.0 Å². The van der Waals surface area contributed by atoms with Crippen molar-refractivity contribution >= 4 is 22.9 Å². The molecule has 8 heteroatoms. The van der Waals surface area contributed by atoms with Gasteiger partial charge in [-0.3, -0.25) is 4.79 Å². The summed E-state index contributed by atoms with van der Waals surface area (Å²) in [5.74, 6) is -0.563. The number of amides is 1. The molecule has 2 heterocycles. The Morgan fingerprint density at radius 1 is 1.22 bits per heavy atom. The molecule has 27 heavy (non-hydrogen) atoms. The summed E-state index contributed by atoms with van der Waals surface area (Å²) in [6.07, 6.45) is 3.16. The highest BCUT2D eigenvalue weighted by atomic mass is 16.5. The van der Waals surface area contributed by atoms with Crippen molar-refractivity contribution in [1.29, 1.82) is 0 Å². The number of rotatable bonds is 7.